The lowest BCUT2D eigenvalue weighted by Gasteiger charge is -2.21. The summed E-state index contributed by atoms with van der Waals surface area (Å²) < 4.78 is 68.8. The van der Waals surface area contributed by atoms with Crippen molar-refractivity contribution in [2.75, 3.05) is 39.6 Å². The average molecular weight is 1490 g/mol. The van der Waals surface area contributed by atoms with E-state index in [2.05, 4.69) is 58.9 Å². The molecule has 0 aliphatic carbocycles. The lowest BCUT2D eigenvalue weighted by Crippen LogP contribution is -2.30. The molecule has 0 saturated carbocycles. The fourth-order valence-corrected chi connectivity index (χ4v) is 14.0. The summed E-state index contributed by atoms with van der Waals surface area (Å²) in [5.41, 5.74) is 0. The Morgan fingerprint density at radius 2 is 0.529 bits per heavy atom. The van der Waals surface area contributed by atoms with Gasteiger partial charge in [-0.1, -0.05) is 367 Å². The topological polar surface area (TPSA) is 237 Å². The summed E-state index contributed by atoms with van der Waals surface area (Å²) in [5, 5.41) is 10.7. The van der Waals surface area contributed by atoms with Gasteiger partial charge in [0.25, 0.3) is 0 Å². The number of rotatable bonds is 81. The number of esters is 4. The van der Waals surface area contributed by atoms with E-state index in [0.29, 0.717) is 25.7 Å². The molecule has 0 aromatic heterocycles. The zero-order valence-corrected chi connectivity index (χ0v) is 68.0. The molecule has 5 atom stereocenters. The SMILES string of the molecule is CCCCCC/C=C\C=C/CCCCCCCC(=O)OC[C@H](COP(=O)(O)OC[C@@H](O)COP(=O)(O)OC[C@@H](COC(=O)CCCCCCCCCCCCC(C)C)OC(=O)CCCCCCCCCCCCCCCC)OC(=O)CCCCCCCCCCCCCCCCCCCCCC. The first-order valence-corrected chi connectivity index (χ1v) is 45.4. The van der Waals surface area contributed by atoms with Gasteiger partial charge in [0.15, 0.2) is 12.2 Å². The number of unbranched alkanes of at least 4 members (excludes halogenated alkanes) is 50. The van der Waals surface area contributed by atoms with Crippen molar-refractivity contribution in [1.82, 2.24) is 0 Å². The number of hydrogen-bond acceptors (Lipinski definition) is 15. The molecule has 0 aliphatic rings. The van der Waals surface area contributed by atoms with Gasteiger partial charge in [-0.05, 0) is 57.3 Å². The second kappa shape index (κ2) is 75.4. The standard InChI is InChI=1S/C83H158O17P2/c1-6-9-12-15-18-21-24-27-30-31-32-33-34-36-39-42-49-54-59-64-69-83(88)99-78(72-93-80(85)66-61-56-51-46-40-38-35-28-25-22-19-16-13-10-7-2)74-97-101(89,90)95-70-77(84)71-96-102(91,92)98-75-79(73-94-81(86)67-62-57-52-47-44-43-45-50-55-60-65-76(4)5)100-82(87)68-63-58-53-48-41-37-29-26-23-20-17-14-11-8-3/h22,25,28,35,76-79,84H,6-21,23-24,26-27,29-34,36-75H2,1-5H3,(H,89,90)(H,91,92)/b25-22-,35-28-/t77-,78-,79-/m1/s1. The largest absolute Gasteiger partial charge is 0.472 e. The third-order valence-corrected chi connectivity index (χ3v) is 20.8. The number of allylic oxidation sites excluding steroid dienone is 4. The van der Waals surface area contributed by atoms with E-state index in [-0.39, 0.29) is 25.7 Å². The number of phosphoric acid groups is 2. The molecule has 0 aliphatic heterocycles. The maximum atomic E-state index is 13.1. The molecule has 0 spiro atoms. The predicted molar refractivity (Wildman–Crippen MR) is 418 cm³/mol. The van der Waals surface area contributed by atoms with Gasteiger partial charge >= 0.3 is 39.5 Å². The number of hydrogen-bond donors (Lipinski definition) is 3. The lowest BCUT2D eigenvalue weighted by molar-refractivity contribution is -0.161. The Morgan fingerprint density at radius 3 is 0.804 bits per heavy atom. The number of phosphoric ester groups is 2. The Balaban J connectivity index is 5.28. The van der Waals surface area contributed by atoms with E-state index in [0.717, 1.165) is 115 Å². The number of aliphatic hydroxyl groups excluding tert-OH is 1. The average Bonchev–Trinajstić information content (AvgIpc) is 0.910. The van der Waals surface area contributed by atoms with Gasteiger partial charge in [-0.15, -0.1) is 0 Å². The van der Waals surface area contributed by atoms with Crippen LogP contribution in [-0.4, -0.2) is 96.7 Å². The Kier molecular flexibility index (Phi) is 73.5. The van der Waals surface area contributed by atoms with Gasteiger partial charge in [-0.3, -0.25) is 37.3 Å². The maximum Gasteiger partial charge on any atom is 0.472 e. The minimum Gasteiger partial charge on any atom is -0.462 e. The van der Waals surface area contributed by atoms with Crippen LogP contribution in [0.1, 0.15) is 420 Å². The van der Waals surface area contributed by atoms with Crippen molar-refractivity contribution in [2.45, 2.75) is 438 Å². The number of carbonyl (C=O) groups excluding carboxylic acids is 4. The highest BCUT2D eigenvalue weighted by Gasteiger charge is 2.30. The summed E-state index contributed by atoms with van der Waals surface area (Å²) in [6.07, 6.45) is 70.1. The predicted octanol–water partition coefficient (Wildman–Crippen LogP) is 24.8. The highest BCUT2D eigenvalue weighted by molar-refractivity contribution is 7.47. The zero-order chi connectivity index (χ0) is 74.8. The number of aliphatic hydroxyl groups is 1. The van der Waals surface area contributed by atoms with E-state index < -0.39 is 97.5 Å². The van der Waals surface area contributed by atoms with Gasteiger partial charge in [0.1, 0.15) is 19.3 Å². The summed E-state index contributed by atoms with van der Waals surface area (Å²) in [6, 6.07) is 0. The van der Waals surface area contributed by atoms with Crippen LogP contribution in [0.3, 0.4) is 0 Å². The van der Waals surface area contributed by atoms with Gasteiger partial charge in [0, 0.05) is 25.7 Å². The van der Waals surface area contributed by atoms with Crippen LogP contribution in [-0.2, 0) is 65.4 Å². The zero-order valence-electron chi connectivity index (χ0n) is 66.2. The molecule has 0 radical (unpaired) electrons. The van der Waals surface area contributed by atoms with Gasteiger partial charge in [0.05, 0.1) is 26.4 Å². The van der Waals surface area contributed by atoms with Crippen molar-refractivity contribution >= 4 is 39.5 Å². The van der Waals surface area contributed by atoms with E-state index in [9.17, 15) is 43.2 Å². The minimum atomic E-state index is -4.97. The first kappa shape index (κ1) is 99.5. The van der Waals surface area contributed by atoms with Crippen LogP contribution in [0.4, 0.5) is 0 Å². The van der Waals surface area contributed by atoms with Crippen LogP contribution in [0, 0.1) is 5.92 Å². The van der Waals surface area contributed by atoms with Crippen LogP contribution in [0.2, 0.25) is 0 Å². The number of ether oxygens (including phenoxy) is 4. The van der Waals surface area contributed by atoms with Gasteiger partial charge in [0.2, 0.25) is 0 Å². The molecular weight excluding hydrogens is 1330 g/mol. The van der Waals surface area contributed by atoms with Crippen molar-refractivity contribution in [3.63, 3.8) is 0 Å². The van der Waals surface area contributed by atoms with Gasteiger partial charge < -0.3 is 33.8 Å². The van der Waals surface area contributed by atoms with Crippen LogP contribution < -0.4 is 0 Å². The monoisotopic (exact) mass is 1490 g/mol. The Bertz CT molecular complexity index is 2040. The highest BCUT2D eigenvalue weighted by atomic mass is 31.2. The summed E-state index contributed by atoms with van der Waals surface area (Å²) in [4.78, 5) is 73.1. The van der Waals surface area contributed by atoms with Crippen molar-refractivity contribution in [2.24, 2.45) is 5.92 Å². The van der Waals surface area contributed by atoms with Crippen molar-refractivity contribution in [3.8, 4) is 0 Å². The fourth-order valence-electron chi connectivity index (χ4n) is 12.4. The van der Waals surface area contributed by atoms with Crippen LogP contribution in [0.5, 0.6) is 0 Å². The molecule has 0 amide bonds. The molecule has 3 N–H and O–H groups in total. The Labute approximate surface area is 624 Å². The van der Waals surface area contributed by atoms with Crippen LogP contribution >= 0.6 is 15.6 Å². The summed E-state index contributed by atoms with van der Waals surface area (Å²) >= 11 is 0. The maximum absolute atomic E-state index is 13.1. The van der Waals surface area contributed by atoms with Crippen molar-refractivity contribution < 1.29 is 80.2 Å². The van der Waals surface area contributed by atoms with Gasteiger partial charge in [-0.25, -0.2) is 9.13 Å². The van der Waals surface area contributed by atoms with E-state index in [1.54, 1.807) is 0 Å². The molecule has 0 aromatic rings. The molecule has 0 bridgehead atoms. The van der Waals surface area contributed by atoms with E-state index in [1.165, 1.54) is 225 Å². The molecule has 19 heteroatoms. The third-order valence-electron chi connectivity index (χ3n) is 18.9. The molecule has 602 valence electrons. The molecule has 0 fully saturated rings. The molecule has 0 aromatic carbocycles. The lowest BCUT2D eigenvalue weighted by atomic mass is 10.0. The molecular formula is C83H158O17P2. The van der Waals surface area contributed by atoms with E-state index >= 15 is 0 Å². The molecule has 0 saturated heterocycles. The Morgan fingerprint density at radius 1 is 0.304 bits per heavy atom. The van der Waals surface area contributed by atoms with E-state index in [4.69, 9.17) is 37.0 Å². The minimum absolute atomic E-state index is 0.102. The second-order valence-corrected chi connectivity index (χ2v) is 32.6. The summed E-state index contributed by atoms with van der Waals surface area (Å²) in [7, 11) is -9.93. The van der Waals surface area contributed by atoms with E-state index in [1.807, 2.05) is 0 Å². The molecule has 2 unspecified atom stereocenters. The quantitative estimate of drug-likeness (QED) is 0.0169. The van der Waals surface area contributed by atoms with Crippen molar-refractivity contribution in [3.05, 3.63) is 24.3 Å². The summed E-state index contributed by atoms with van der Waals surface area (Å²) in [6.45, 7) is 7.27. The Hall–Kier alpha value is -2.46. The smallest absolute Gasteiger partial charge is 0.462 e. The first-order chi connectivity index (χ1) is 49.5. The normalized spacial score (nSPS) is 14.0. The highest BCUT2D eigenvalue weighted by Crippen LogP contribution is 2.45. The molecule has 0 rings (SSSR count). The van der Waals surface area contributed by atoms with Crippen molar-refractivity contribution in [1.29, 1.82) is 0 Å². The van der Waals surface area contributed by atoms with Gasteiger partial charge in [-0.2, -0.15) is 0 Å². The first-order valence-electron chi connectivity index (χ1n) is 42.5. The fraction of sp³-hybridized carbons (Fsp3) is 0.904. The summed E-state index contributed by atoms with van der Waals surface area (Å²) in [5.74, 6) is -1.38. The van der Waals surface area contributed by atoms with Crippen LogP contribution in [0.25, 0.3) is 0 Å². The van der Waals surface area contributed by atoms with Crippen LogP contribution in [0.15, 0.2) is 24.3 Å². The molecule has 102 heavy (non-hydrogen) atoms. The number of carbonyl (C=O) groups is 4. The molecule has 0 heterocycles. The third kappa shape index (κ3) is 75.8. The molecule has 17 nitrogen and oxygen atoms in total. The second-order valence-electron chi connectivity index (χ2n) is 29.7.